The molecule has 30 heavy (non-hydrogen) atoms. The van der Waals surface area contributed by atoms with E-state index in [9.17, 15) is 9.59 Å². The molecule has 2 aromatic carbocycles. The number of carbonyl (C=O) groups is 2. The third-order valence-electron chi connectivity index (χ3n) is 4.60. The quantitative estimate of drug-likeness (QED) is 0.591. The van der Waals surface area contributed by atoms with Crippen LogP contribution in [0.15, 0.2) is 46.9 Å². The minimum absolute atomic E-state index is 0.0140. The van der Waals surface area contributed by atoms with E-state index in [2.05, 4.69) is 21.2 Å². The number of nitrogens with one attached hydrogen (secondary N) is 1. The summed E-state index contributed by atoms with van der Waals surface area (Å²) in [7, 11) is 1.60. The fraction of sp³-hybridized carbons (Fsp3) is 0.391. The maximum Gasteiger partial charge on any atom is 0.261 e. The Morgan fingerprint density at radius 1 is 1.07 bits per heavy atom. The van der Waals surface area contributed by atoms with Crippen LogP contribution in [-0.4, -0.2) is 42.5 Å². The lowest BCUT2D eigenvalue weighted by molar-refractivity contribution is -0.142. The summed E-state index contributed by atoms with van der Waals surface area (Å²) in [5.41, 5.74) is 1.91. The molecule has 0 aliphatic rings. The first-order chi connectivity index (χ1) is 14.2. The Kier molecular flexibility index (Phi) is 8.72. The molecule has 7 heteroatoms. The number of nitrogens with zero attached hydrogens (tertiary/aromatic N) is 1. The van der Waals surface area contributed by atoms with Gasteiger partial charge in [0, 0.05) is 17.1 Å². The van der Waals surface area contributed by atoms with Gasteiger partial charge >= 0.3 is 0 Å². The predicted octanol–water partition coefficient (Wildman–Crippen LogP) is 4.09. The highest BCUT2D eigenvalue weighted by Gasteiger charge is 2.27. The number of hydrogen-bond acceptors (Lipinski definition) is 4. The molecule has 1 unspecified atom stereocenters. The van der Waals surface area contributed by atoms with Gasteiger partial charge in [0.05, 0.1) is 7.11 Å². The van der Waals surface area contributed by atoms with Gasteiger partial charge < -0.3 is 19.7 Å². The normalized spacial score (nSPS) is 11.7. The number of aryl methyl sites for hydroxylation is 1. The molecule has 1 N–H and O–H groups in total. The topological polar surface area (TPSA) is 67.9 Å². The highest BCUT2D eigenvalue weighted by Crippen LogP contribution is 2.22. The van der Waals surface area contributed by atoms with Gasteiger partial charge in [0.15, 0.2) is 6.61 Å². The first-order valence-electron chi connectivity index (χ1n) is 9.83. The zero-order chi connectivity index (χ0) is 22.3. The van der Waals surface area contributed by atoms with E-state index in [1.807, 2.05) is 57.2 Å². The van der Waals surface area contributed by atoms with E-state index in [4.69, 9.17) is 9.47 Å². The Bertz CT molecular complexity index is 868. The molecular formula is C23H29BrN2O4. The van der Waals surface area contributed by atoms with Crippen LogP contribution in [0.3, 0.4) is 0 Å². The summed E-state index contributed by atoms with van der Waals surface area (Å²) in [6, 6.07) is 12.3. The second-order valence-corrected chi connectivity index (χ2v) is 8.26. The molecule has 6 nitrogen and oxygen atoms in total. The summed E-state index contributed by atoms with van der Waals surface area (Å²) < 4.78 is 11.9. The molecule has 0 heterocycles. The van der Waals surface area contributed by atoms with E-state index in [0.717, 1.165) is 21.3 Å². The summed E-state index contributed by atoms with van der Waals surface area (Å²) in [6.07, 6.45) is 0. The van der Waals surface area contributed by atoms with Crippen molar-refractivity contribution in [2.24, 2.45) is 0 Å². The van der Waals surface area contributed by atoms with Crippen molar-refractivity contribution < 1.29 is 19.1 Å². The van der Waals surface area contributed by atoms with E-state index < -0.39 is 6.04 Å². The van der Waals surface area contributed by atoms with Gasteiger partial charge in [0.2, 0.25) is 5.91 Å². The molecule has 0 bridgehead atoms. The zero-order valence-electron chi connectivity index (χ0n) is 18.1. The second-order valence-electron chi connectivity index (χ2n) is 7.41. The van der Waals surface area contributed by atoms with Crippen molar-refractivity contribution >= 4 is 27.7 Å². The summed E-state index contributed by atoms with van der Waals surface area (Å²) in [5.74, 6) is 0.869. The van der Waals surface area contributed by atoms with Crippen molar-refractivity contribution in [1.29, 1.82) is 0 Å². The van der Waals surface area contributed by atoms with Crippen LogP contribution in [-0.2, 0) is 16.1 Å². The first-order valence-corrected chi connectivity index (χ1v) is 10.6. The molecule has 0 fully saturated rings. The van der Waals surface area contributed by atoms with Gasteiger partial charge in [-0.05, 0) is 69.2 Å². The lowest BCUT2D eigenvalue weighted by atomic mass is 10.1. The van der Waals surface area contributed by atoms with Crippen LogP contribution in [0, 0.1) is 6.92 Å². The minimum atomic E-state index is -0.641. The SMILES string of the molecule is COc1ccc(CN(C(=O)COc2ccc(Br)c(C)c2)C(C)C(=O)NC(C)C)cc1. The Balaban J connectivity index is 2.16. The van der Waals surface area contributed by atoms with Crippen molar-refractivity contribution in [2.45, 2.75) is 46.3 Å². The molecule has 162 valence electrons. The van der Waals surface area contributed by atoms with E-state index in [1.165, 1.54) is 4.90 Å². The van der Waals surface area contributed by atoms with Crippen molar-refractivity contribution in [1.82, 2.24) is 10.2 Å². The molecule has 2 amide bonds. The second kappa shape index (κ2) is 11.0. The average molecular weight is 477 g/mol. The smallest absolute Gasteiger partial charge is 0.261 e. The number of benzene rings is 2. The van der Waals surface area contributed by atoms with E-state index in [0.29, 0.717) is 5.75 Å². The molecule has 2 rings (SSSR count). The number of ether oxygens (including phenoxy) is 2. The molecule has 0 aliphatic heterocycles. The highest BCUT2D eigenvalue weighted by molar-refractivity contribution is 9.10. The van der Waals surface area contributed by atoms with Crippen LogP contribution in [0.25, 0.3) is 0 Å². The largest absolute Gasteiger partial charge is 0.497 e. The standard InChI is InChI=1S/C23H29BrN2O4/c1-15(2)25-23(28)17(4)26(13-18-6-8-19(29-5)9-7-18)22(27)14-30-20-10-11-21(24)16(3)12-20/h6-12,15,17H,13-14H2,1-5H3,(H,25,28). The van der Waals surface area contributed by atoms with E-state index in [1.54, 1.807) is 20.1 Å². The maximum atomic E-state index is 13.0. The van der Waals surface area contributed by atoms with E-state index >= 15 is 0 Å². The lowest BCUT2D eigenvalue weighted by Crippen LogP contribution is -2.50. The zero-order valence-corrected chi connectivity index (χ0v) is 19.7. The third kappa shape index (κ3) is 6.76. The van der Waals surface area contributed by atoms with Gasteiger partial charge in [-0.3, -0.25) is 9.59 Å². The minimum Gasteiger partial charge on any atom is -0.497 e. The molecule has 0 aromatic heterocycles. The van der Waals surface area contributed by atoms with Gasteiger partial charge in [0.25, 0.3) is 5.91 Å². The van der Waals surface area contributed by atoms with Crippen LogP contribution in [0.1, 0.15) is 31.9 Å². The number of amides is 2. The summed E-state index contributed by atoms with van der Waals surface area (Å²) >= 11 is 3.45. The van der Waals surface area contributed by atoms with Gasteiger partial charge in [-0.1, -0.05) is 28.1 Å². The molecule has 0 radical (unpaired) electrons. The van der Waals surface area contributed by atoms with Crippen LogP contribution >= 0.6 is 15.9 Å². The van der Waals surface area contributed by atoms with Crippen molar-refractivity contribution in [3.05, 3.63) is 58.1 Å². The molecule has 1 atom stereocenters. The van der Waals surface area contributed by atoms with Crippen molar-refractivity contribution in [2.75, 3.05) is 13.7 Å². The summed E-state index contributed by atoms with van der Waals surface area (Å²) in [4.78, 5) is 27.1. The third-order valence-corrected chi connectivity index (χ3v) is 5.49. The van der Waals surface area contributed by atoms with Crippen LogP contribution in [0.4, 0.5) is 0 Å². The number of halogens is 1. The number of rotatable bonds is 9. The van der Waals surface area contributed by atoms with Crippen LogP contribution in [0.2, 0.25) is 0 Å². The van der Waals surface area contributed by atoms with Crippen molar-refractivity contribution in [3.8, 4) is 11.5 Å². The molecule has 0 saturated carbocycles. The first kappa shape index (κ1) is 23.7. The Morgan fingerprint density at radius 3 is 2.27 bits per heavy atom. The summed E-state index contributed by atoms with van der Waals surface area (Å²) in [5, 5.41) is 2.87. The Labute approximate surface area is 186 Å². The summed E-state index contributed by atoms with van der Waals surface area (Å²) in [6.45, 7) is 7.59. The maximum absolute atomic E-state index is 13.0. The van der Waals surface area contributed by atoms with Crippen LogP contribution < -0.4 is 14.8 Å². The van der Waals surface area contributed by atoms with Gasteiger partial charge in [-0.2, -0.15) is 0 Å². The fourth-order valence-corrected chi connectivity index (χ4v) is 3.10. The Hall–Kier alpha value is -2.54. The molecule has 0 spiro atoms. The predicted molar refractivity (Wildman–Crippen MR) is 121 cm³/mol. The monoisotopic (exact) mass is 476 g/mol. The van der Waals surface area contributed by atoms with Gasteiger partial charge in [-0.25, -0.2) is 0 Å². The fourth-order valence-electron chi connectivity index (χ4n) is 2.85. The number of hydrogen-bond donors (Lipinski definition) is 1. The van der Waals surface area contributed by atoms with Gasteiger partial charge in [-0.15, -0.1) is 0 Å². The van der Waals surface area contributed by atoms with Gasteiger partial charge in [0.1, 0.15) is 17.5 Å². The number of carbonyl (C=O) groups excluding carboxylic acids is 2. The van der Waals surface area contributed by atoms with E-state index in [-0.39, 0.29) is 31.0 Å². The molecule has 2 aromatic rings. The average Bonchev–Trinajstić information content (AvgIpc) is 2.72. The Morgan fingerprint density at radius 2 is 1.70 bits per heavy atom. The molecule has 0 aliphatic carbocycles. The highest BCUT2D eigenvalue weighted by atomic mass is 79.9. The molecule has 0 saturated heterocycles. The lowest BCUT2D eigenvalue weighted by Gasteiger charge is -2.29. The van der Waals surface area contributed by atoms with Crippen molar-refractivity contribution in [3.63, 3.8) is 0 Å². The van der Waals surface area contributed by atoms with Crippen LogP contribution in [0.5, 0.6) is 11.5 Å². The number of methoxy groups -OCH3 is 1. The molecular weight excluding hydrogens is 448 g/mol.